The van der Waals surface area contributed by atoms with E-state index < -0.39 is 0 Å². The molecule has 3 nitrogen and oxygen atoms in total. The van der Waals surface area contributed by atoms with Crippen LogP contribution in [-0.2, 0) is 9.53 Å². The van der Waals surface area contributed by atoms with Gasteiger partial charge in [0.15, 0.2) is 0 Å². The summed E-state index contributed by atoms with van der Waals surface area (Å²) in [4.78, 5) is 12.4. The van der Waals surface area contributed by atoms with E-state index in [1.165, 1.54) is 32.1 Å². The van der Waals surface area contributed by atoms with E-state index in [1.807, 2.05) is 12.1 Å². The van der Waals surface area contributed by atoms with Crippen molar-refractivity contribution in [2.45, 2.75) is 84.7 Å². The first-order valence-electron chi connectivity index (χ1n) is 12.2. The molecule has 0 radical (unpaired) electrons. The van der Waals surface area contributed by atoms with Gasteiger partial charge in [-0.1, -0.05) is 89.6 Å². The molecule has 2 aromatic carbocycles. The van der Waals surface area contributed by atoms with Crippen molar-refractivity contribution in [2.75, 3.05) is 6.61 Å². The first-order valence-corrected chi connectivity index (χ1v) is 12.2. The van der Waals surface area contributed by atoms with Gasteiger partial charge in [-0.25, -0.2) is 0 Å². The molecule has 3 heteroatoms. The maximum Gasteiger partial charge on any atom is 0.306 e. The van der Waals surface area contributed by atoms with Crippen LogP contribution in [0.15, 0.2) is 36.4 Å². The highest BCUT2D eigenvalue weighted by Gasteiger charge is 2.23. The molecule has 0 bridgehead atoms. The Morgan fingerprint density at radius 3 is 2.61 bits per heavy atom. The predicted molar refractivity (Wildman–Crippen MR) is 129 cm³/mol. The zero-order valence-electron chi connectivity index (χ0n) is 19.5. The van der Waals surface area contributed by atoms with E-state index in [4.69, 9.17) is 9.47 Å². The lowest BCUT2D eigenvalue weighted by atomic mass is 9.91. The standard InChI is InChI=1S/C28H38O3/c1-4-5-6-7-8-9-20-30-25-18-16-22-13-11-14-23-26(19-17-24(25)28(22)23)31-27(29)15-10-12-21(2)3/h11,13-14,16-19,21,26H,4-10,12,15,20H2,1-3H3. The molecule has 168 valence electrons. The third-order valence-electron chi connectivity index (χ3n) is 6.00. The summed E-state index contributed by atoms with van der Waals surface area (Å²) in [7, 11) is 0. The highest BCUT2D eigenvalue weighted by atomic mass is 16.5. The summed E-state index contributed by atoms with van der Waals surface area (Å²) < 4.78 is 12.0. The number of carbonyl (C=O) groups is 1. The molecule has 3 rings (SSSR count). The number of carbonyl (C=O) groups excluding carboxylic acids is 1. The van der Waals surface area contributed by atoms with Crippen molar-refractivity contribution in [1.29, 1.82) is 0 Å². The van der Waals surface area contributed by atoms with E-state index >= 15 is 0 Å². The average molecular weight is 423 g/mol. The van der Waals surface area contributed by atoms with Crippen molar-refractivity contribution < 1.29 is 14.3 Å². The number of hydrogen-bond donors (Lipinski definition) is 0. The molecule has 0 fully saturated rings. The second kappa shape index (κ2) is 11.9. The molecule has 1 unspecified atom stereocenters. The van der Waals surface area contributed by atoms with Crippen LogP contribution in [0.1, 0.15) is 95.8 Å². The topological polar surface area (TPSA) is 35.5 Å². The van der Waals surface area contributed by atoms with E-state index in [1.54, 1.807) is 0 Å². The van der Waals surface area contributed by atoms with Crippen molar-refractivity contribution in [3.63, 3.8) is 0 Å². The number of hydrogen-bond acceptors (Lipinski definition) is 3. The Bertz CT molecular complexity index is 881. The Labute approximate surface area is 187 Å². The second-order valence-corrected chi connectivity index (χ2v) is 9.09. The number of ether oxygens (including phenoxy) is 2. The fraction of sp³-hybridized carbons (Fsp3) is 0.536. The normalized spacial score (nSPS) is 14.9. The third kappa shape index (κ3) is 6.59. The van der Waals surface area contributed by atoms with Gasteiger partial charge in [0, 0.05) is 17.5 Å². The van der Waals surface area contributed by atoms with Gasteiger partial charge < -0.3 is 9.47 Å². The van der Waals surface area contributed by atoms with Crippen molar-refractivity contribution in [2.24, 2.45) is 5.92 Å². The molecule has 1 atom stereocenters. The molecule has 0 amide bonds. The molecule has 0 saturated heterocycles. The SMILES string of the molecule is CCCCCCCCOc1ccc2cccc3c2c1C=CC3OC(=O)CCCC(C)C. The second-order valence-electron chi connectivity index (χ2n) is 9.09. The van der Waals surface area contributed by atoms with Crippen LogP contribution in [0.2, 0.25) is 0 Å². The van der Waals surface area contributed by atoms with Gasteiger partial charge in [0.1, 0.15) is 11.9 Å². The quantitative estimate of drug-likeness (QED) is 0.242. The van der Waals surface area contributed by atoms with Gasteiger partial charge in [-0.3, -0.25) is 4.79 Å². The minimum absolute atomic E-state index is 0.119. The smallest absolute Gasteiger partial charge is 0.306 e. The Hall–Kier alpha value is -2.29. The lowest BCUT2D eigenvalue weighted by Gasteiger charge is -2.23. The zero-order valence-corrected chi connectivity index (χ0v) is 19.5. The largest absolute Gasteiger partial charge is 0.493 e. The van der Waals surface area contributed by atoms with Gasteiger partial charge in [-0.15, -0.1) is 0 Å². The van der Waals surface area contributed by atoms with Crippen LogP contribution in [0.4, 0.5) is 0 Å². The number of rotatable bonds is 13. The van der Waals surface area contributed by atoms with Crippen LogP contribution in [-0.4, -0.2) is 12.6 Å². The maximum absolute atomic E-state index is 12.4. The van der Waals surface area contributed by atoms with Crippen LogP contribution in [0, 0.1) is 5.92 Å². The van der Waals surface area contributed by atoms with Crippen molar-refractivity contribution in [3.05, 3.63) is 47.5 Å². The predicted octanol–water partition coefficient (Wildman–Crippen LogP) is 8.02. The zero-order chi connectivity index (χ0) is 22.1. The molecule has 0 N–H and O–H groups in total. The van der Waals surface area contributed by atoms with E-state index in [0.29, 0.717) is 12.3 Å². The van der Waals surface area contributed by atoms with E-state index in [2.05, 4.69) is 51.1 Å². The van der Waals surface area contributed by atoms with E-state index in [9.17, 15) is 4.79 Å². The molecule has 2 aromatic rings. The molecule has 0 aromatic heterocycles. The highest BCUT2D eigenvalue weighted by molar-refractivity contribution is 5.97. The maximum atomic E-state index is 12.4. The molecule has 0 aliphatic heterocycles. The van der Waals surface area contributed by atoms with Crippen LogP contribution in [0.5, 0.6) is 5.75 Å². The Balaban J connectivity index is 1.65. The summed E-state index contributed by atoms with van der Waals surface area (Å²) in [6, 6.07) is 10.4. The summed E-state index contributed by atoms with van der Waals surface area (Å²) in [5, 5.41) is 2.30. The Morgan fingerprint density at radius 2 is 1.81 bits per heavy atom. The van der Waals surface area contributed by atoms with Crippen molar-refractivity contribution >= 4 is 22.8 Å². The van der Waals surface area contributed by atoms with Gasteiger partial charge in [0.2, 0.25) is 0 Å². The fourth-order valence-electron chi connectivity index (χ4n) is 4.26. The molecule has 31 heavy (non-hydrogen) atoms. The minimum atomic E-state index is -0.323. The summed E-state index contributed by atoms with van der Waals surface area (Å²) in [5.74, 6) is 1.41. The first-order chi connectivity index (χ1) is 15.1. The van der Waals surface area contributed by atoms with Crippen LogP contribution in [0.25, 0.3) is 16.8 Å². The summed E-state index contributed by atoms with van der Waals surface area (Å²) in [6.07, 6.45) is 13.7. The van der Waals surface area contributed by atoms with Gasteiger partial charge >= 0.3 is 5.97 Å². The first kappa shape index (κ1) is 23.4. The molecule has 1 aliphatic carbocycles. The van der Waals surface area contributed by atoms with Gasteiger partial charge in [0.05, 0.1) is 6.61 Å². The van der Waals surface area contributed by atoms with Crippen LogP contribution in [0.3, 0.4) is 0 Å². The number of esters is 1. The Morgan fingerprint density at radius 1 is 1.00 bits per heavy atom. The average Bonchev–Trinajstić information content (AvgIpc) is 2.75. The molecular formula is C28H38O3. The third-order valence-corrected chi connectivity index (χ3v) is 6.00. The number of benzene rings is 2. The fourth-order valence-corrected chi connectivity index (χ4v) is 4.26. The van der Waals surface area contributed by atoms with Gasteiger partial charge in [0.25, 0.3) is 0 Å². The molecule has 0 saturated carbocycles. The van der Waals surface area contributed by atoms with Crippen LogP contribution < -0.4 is 4.74 Å². The van der Waals surface area contributed by atoms with Gasteiger partial charge in [-0.05, 0) is 41.7 Å². The highest BCUT2D eigenvalue weighted by Crippen LogP contribution is 2.40. The summed E-state index contributed by atoms with van der Waals surface area (Å²) in [5.41, 5.74) is 2.16. The molecular weight excluding hydrogens is 384 g/mol. The van der Waals surface area contributed by atoms with E-state index in [0.717, 1.165) is 53.5 Å². The molecule has 0 spiro atoms. The monoisotopic (exact) mass is 422 g/mol. The van der Waals surface area contributed by atoms with E-state index in [-0.39, 0.29) is 12.1 Å². The Kier molecular flexibility index (Phi) is 8.99. The van der Waals surface area contributed by atoms with Gasteiger partial charge in [-0.2, -0.15) is 0 Å². The molecule has 1 aliphatic rings. The summed E-state index contributed by atoms with van der Waals surface area (Å²) >= 11 is 0. The number of unbranched alkanes of at least 4 members (excludes halogenated alkanes) is 5. The lowest BCUT2D eigenvalue weighted by Crippen LogP contribution is -2.12. The van der Waals surface area contributed by atoms with Crippen LogP contribution >= 0.6 is 0 Å². The summed E-state index contributed by atoms with van der Waals surface area (Å²) in [6.45, 7) is 7.35. The lowest BCUT2D eigenvalue weighted by molar-refractivity contribution is -0.147. The molecule has 0 heterocycles. The van der Waals surface area contributed by atoms with Crippen molar-refractivity contribution in [3.8, 4) is 5.75 Å². The minimum Gasteiger partial charge on any atom is -0.493 e. The van der Waals surface area contributed by atoms with Crippen molar-refractivity contribution in [1.82, 2.24) is 0 Å².